The lowest BCUT2D eigenvalue weighted by atomic mass is 10.1. The monoisotopic (exact) mass is 282 g/mol. The number of amides is 1. The van der Waals surface area contributed by atoms with Gasteiger partial charge in [-0.3, -0.25) is 4.79 Å². The van der Waals surface area contributed by atoms with Crippen LogP contribution in [0.25, 0.3) is 0 Å². The first kappa shape index (κ1) is 14.2. The predicted molar refractivity (Wildman–Crippen MR) is 76.9 cm³/mol. The maximum atomic E-state index is 12.3. The molecular formula is C14H19ClN2O2. The molecule has 0 aliphatic carbocycles. The molecule has 5 heteroatoms. The molecule has 0 spiro atoms. The molecular weight excluding hydrogens is 264 g/mol. The average molecular weight is 283 g/mol. The highest BCUT2D eigenvalue weighted by Crippen LogP contribution is 2.21. The summed E-state index contributed by atoms with van der Waals surface area (Å²) in [5, 5.41) is 6.79. The van der Waals surface area contributed by atoms with Crippen LogP contribution in [0.15, 0.2) is 18.2 Å². The maximum absolute atomic E-state index is 12.3. The van der Waals surface area contributed by atoms with Crippen molar-refractivity contribution in [1.82, 2.24) is 5.32 Å². The number of rotatable bonds is 4. The van der Waals surface area contributed by atoms with Gasteiger partial charge in [-0.2, -0.15) is 0 Å². The van der Waals surface area contributed by atoms with E-state index in [0.717, 1.165) is 25.1 Å². The molecule has 1 heterocycles. The molecule has 0 saturated carbocycles. The molecule has 1 aliphatic heterocycles. The molecule has 1 aromatic rings. The zero-order chi connectivity index (χ0) is 13.7. The lowest BCUT2D eigenvalue weighted by Gasteiger charge is -2.23. The number of anilines is 1. The van der Waals surface area contributed by atoms with Crippen LogP contribution in [0.1, 0.15) is 30.1 Å². The van der Waals surface area contributed by atoms with Crippen LogP contribution in [0.3, 0.4) is 0 Å². The first-order valence-corrected chi connectivity index (χ1v) is 7.00. The summed E-state index contributed by atoms with van der Waals surface area (Å²) in [5.41, 5.74) is 1.41. The van der Waals surface area contributed by atoms with Crippen molar-refractivity contribution < 1.29 is 9.53 Å². The Bertz CT molecular complexity index is 445. The minimum Gasteiger partial charge on any atom is -0.385 e. The van der Waals surface area contributed by atoms with Gasteiger partial charge in [0, 0.05) is 36.5 Å². The van der Waals surface area contributed by atoms with E-state index in [1.54, 1.807) is 12.1 Å². The summed E-state index contributed by atoms with van der Waals surface area (Å²) < 4.78 is 5.28. The third kappa shape index (κ3) is 3.85. The van der Waals surface area contributed by atoms with Crippen molar-refractivity contribution >= 4 is 23.2 Å². The van der Waals surface area contributed by atoms with Gasteiger partial charge in [0.15, 0.2) is 0 Å². The Labute approximate surface area is 118 Å². The third-order valence-corrected chi connectivity index (χ3v) is 3.39. The van der Waals surface area contributed by atoms with Gasteiger partial charge in [-0.1, -0.05) is 11.6 Å². The van der Waals surface area contributed by atoms with E-state index < -0.39 is 0 Å². The van der Waals surface area contributed by atoms with Crippen molar-refractivity contribution in [3.05, 3.63) is 28.8 Å². The molecule has 104 valence electrons. The molecule has 0 atom stereocenters. The average Bonchev–Trinajstić information content (AvgIpc) is 2.42. The Morgan fingerprint density at radius 1 is 1.42 bits per heavy atom. The Hall–Kier alpha value is -1.26. The Morgan fingerprint density at radius 3 is 2.84 bits per heavy atom. The van der Waals surface area contributed by atoms with E-state index in [-0.39, 0.29) is 11.9 Å². The largest absolute Gasteiger partial charge is 0.385 e. The quantitative estimate of drug-likeness (QED) is 0.893. The summed E-state index contributed by atoms with van der Waals surface area (Å²) in [6.07, 6.45) is 1.73. The molecule has 0 bridgehead atoms. The van der Waals surface area contributed by atoms with Gasteiger partial charge in [-0.05, 0) is 38.0 Å². The van der Waals surface area contributed by atoms with E-state index in [1.807, 2.05) is 13.0 Å². The molecule has 2 N–H and O–H groups in total. The number of halogens is 1. The van der Waals surface area contributed by atoms with E-state index in [9.17, 15) is 4.79 Å². The summed E-state index contributed by atoms with van der Waals surface area (Å²) in [6.45, 7) is 4.18. The number of carbonyl (C=O) groups is 1. The number of hydrogen-bond acceptors (Lipinski definition) is 3. The van der Waals surface area contributed by atoms with Gasteiger partial charge in [0.2, 0.25) is 0 Å². The fourth-order valence-corrected chi connectivity index (χ4v) is 2.33. The maximum Gasteiger partial charge on any atom is 0.253 e. The van der Waals surface area contributed by atoms with Gasteiger partial charge in [-0.25, -0.2) is 0 Å². The van der Waals surface area contributed by atoms with Crippen LogP contribution in [0.5, 0.6) is 0 Å². The van der Waals surface area contributed by atoms with Gasteiger partial charge in [0.05, 0.1) is 5.56 Å². The Morgan fingerprint density at radius 2 is 2.16 bits per heavy atom. The van der Waals surface area contributed by atoms with Crippen molar-refractivity contribution in [2.75, 3.05) is 25.1 Å². The van der Waals surface area contributed by atoms with Crippen LogP contribution in [0.2, 0.25) is 5.02 Å². The number of hydrogen-bond donors (Lipinski definition) is 2. The molecule has 1 aromatic carbocycles. The third-order valence-electron chi connectivity index (χ3n) is 3.15. The summed E-state index contributed by atoms with van der Waals surface area (Å²) in [7, 11) is 0. The Balaban J connectivity index is 2.10. The van der Waals surface area contributed by atoms with E-state index in [0.29, 0.717) is 23.8 Å². The molecule has 0 radical (unpaired) electrons. The standard InChI is InChI=1S/C14H19ClN2O2/c1-2-16-13-4-3-10(15)9-12(13)14(18)17-11-5-7-19-8-6-11/h3-4,9,11,16H,2,5-8H2,1H3,(H,17,18). The van der Waals surface area contributed by atoms with Crippen LogP contribution in [-0.4, -0.2) is 31.7 Å². The van der Waals surface area contributed by atoms with Gasteiger partial charge in [0.1, 0.15) is 0 Å². The zero-order valence-electron chi connectivity index (χ0n) is 11.0. The molecule has 1 fully saturated rings. The summed E-state index contributed by atoms with van der Waals surface area (Å²) in [6, 6.07) is 5.51. The van der Waals surface area contributed by atoms with E-state index in [4.69, 9.17) is 16.3 Å². The van der Waals surface area contributed by atoms with Crippen LogP contribution < -0.4 is 10.6 Å². The highest BCUT2D eigenvalue weighted by Gasteiger charge is 2.19. The lowest BCUT2D eigenvalue weighted by molar-refractivity contribution is 0.0697. The smallest absolute Gasteiger partial charge is 0.253 e. The van der Waals surface area contributed by atoms with Crippen molar-refractivity contribution in [3.8, 4) is 0 Å². The van der Waals surface area contributed by atoms with Crippen molar-refractivity contribution in [1.29, 1.82) is 0 Å². The van der Waals surface area contributed by atoms with Crippen LogP contribution in [-0.2, 0) is 4.74 Å². The minimum absolute atomic E-state index is 0.0784. The molecule has 2 rings (SSSR count). The van der Waals surface area contributed by atoms with Gasteiger partial charge in [0.25, 0.3) is 5.91 Å². The predicted octanol–water partition coefficient (Wildman–Crippen LogP) is 2.68. The van der Waals surface area contributed by atoms with Crippen LogP contribution >= 0.6 is 11.6 Å². The first-order chi connectivity index (χ1) is 9.20. The number of carbonyl (C=O) groups excluding carboxylic acids is 1. The molecule has 4 nitrogen and oxygen atoms in total. The first-order valence-electron chi connectivity index (χ1n) is 6.62. The van der Waals surface area contributed by atoms with Crippen LogP contribution in [0.4, 0.5) is 5.69 Å². The van der Waals surface area contributed by atoms with Crippen molar-refractivity contribution in [2.24, 2.45) is 0 Å². The second-order valence-electron chi connectivity index (χ2n) is 4.58. The SMILES string of the molecule is CCNc1ccc(Cl)cc1C(=O)NC1CCOCC1. The highest BCUT2D eigenvalue weighted by molar-refractivity contribution is 6.31. The zero-order valence-corrected chi connectivity index (χ0v) is 11.8. The van der Waals surface area contributed by atoms with Crippen molar-refractivity contribution in [3.63, 3.8) is 0 Å². The lowest BCUT2D eigenvalue weighted by Crippen LogP contribution is -2.39. The molecule has 19 heavy (non-hydrogen) atoms. The van der Waals surface area contributed by atoms with Crippen molar-refractivity contribution in [2.45, 2.75) is 25.8 Å². The normalized spacial score (nSPS) is 16.1. The number of ether oxygens (including phenoxy) is 1. The van der Waals surface area contributed by atoms with E-state index in [2.05, 4.69) is 10.6 Å². The van der Waals surface area contributed by atoms with Crippen LogP contribution in [0, 0.1) is 0 Å². The topological polar surface area (TPSA) is 50.4 Å². The minimum atomic E-state index is -0.0784. The van der Waals surface area contributed by atoms with Gasteiger partial charge in [-0.15, -0.1) is 0 Å². The summed E-state index contributed by atoms with van der Waals surface area (Å²) >= 11 is 5.98. The molecule has 0 unspecified atom stereocenters. The highest BCUT2D eigenvalue weighted by atomic mass is 35.5. The molecule has 0 aromatic heterocycles. The summed E-state index contributed by atoms with van der Waals surface area (Å²) in [5.74, 6) is -0.0784. The number of benzene rings is 1. The van der Waals surface area contributed by atoms with Gasteiger partial charge < -0.3 is 15.4 Å². The number of nitrogens with one attached hydrogen (secondary N) is 2. The molecule has 1 saturated heterocycles. The van der Waals surface area contributed by atoms with E-state index in [1.165, 1.54) is 0 Å². The second-order valence-corrected chi connectivity index (χ2v) is 5.02. The fraction of sp³-hybridized carbons (Fsp3) is 0.500. The molecule has 1 aliphatic rings. The summed E-state index contributed by atoms with van der Waals surface area (Å²) in [4.78, 5) is 12.3. The Kier molecular flexibility index (Phi) is 5.05. The van der Waals surface area contributed by atoms with Gasteiger partial charge >= 0.3 is 0 Å². The second kappa shape index (κ2) is 6.78. The molecule has 1 amide bonds. The van der Waals surface area contributed by atoms with E-state index >= 15 is 0 Å². The fourth-order valence-electron chi connectivity index (χ4n) is 2.15.